The zero-order chi connectivity index (χ0) is 12.3. The molecule has 3 nitrogen and oxygen atoms in total. The highest BCUT2D eigenvalue weighted by atomic mass is 19.1. The van der Waals surface area contributed by atoms with Crippen molar-refractivity contribution in [1.29, 1.82) is 0 Å². The van der Waals surface area contributed by atoms with Crippen LogP contribution in [0, 0.1) is 5.82 Å². The van der Waals surface area contributed by atoms with Gasteiger partial charge < -0.3 is 15.6 Å². The first-order chi connectivity index (χ1) is 8.15. The Labute approximate surface area is 98.3 Å². The third kappa shape index (κ3) is 2.87. The Bertz CT molecular complexity index is 529. The molecule has 0 saturated heterocycles. The van der Waals surface area contributed by atoms with Crippen molar-refractivity contribution in [3.8, 4) is 11.5 Å². The van der Waals surface area contributed by atoms with Gasteiger partial charge in [0.05, 0.1) is 5.69 Å². The van der Waals surface area contributed by atoms with Crippen molar-refractivity contribution >= 4 is 5.69 Å². The molecule has 0 spiro atoms. The van der Waals surface area contributed by atoms with Crippen LogP contribution in [0.2, 0.25) is 0 Å². The molecule has 0 saturated carbocycles. The van der Waals surface area contributed by atoms with Gasteiger partial charge in [-0.2, -0.15) is 0 Å². The third-order valence-electron chi connectivity index (χ3n) is 2.29. The molecule has 2 aromatic rings. The average molecular weight is 233 g/mol. The second-order valence-corrected chi connectivity index (χ2v) is 3.64. The fraction of sp³-hybridized carbons (Fsp3) is 0.0769. The lowest BCUT2D eigenvalue weighted by Crippen LogP contribution is -1.97. The summed E-state index contributed by atoms with van der Waals surface area (Å²) in [6.45, 7) is 0.262. The number of halogens is 1. The summed E-state index contributed by atoms with van der Waals surface area (Å²) in [5, 5.41) is 9.26. The molecule has 0 aliphatic heterocycles. The van der Waals surface area contributed by atoms with Crippen molar-refractivity contribution in [2.45, 2.75) is 6.61 Å². The van der Waals surface area contributed by atoms with Gasteiger partial charge in [0.2, 0.25) is 0 Å². The lowest BCUT2D eigenvalue weighted by Gasteiger charge is -2.07. The van der Waals surface area contributed by atoms with Crippen LogP contribution in [0.3, 0.4) is 0 Å². The van der Waals surface area contributed by atoms with E-state index in [4.69, 9.17) is 10.5 Å². The molecule has 0 radical (unpaired) electrons. The van der Waals surface area contributed by atoms with Crippen molar-refractivity contribution < 1.29 is 14.2 Å². The summed E-state index contributed by atoms with van der Waals surface area (Å²) in [5.41, 5.74) is 6.25. The van der Waals surface area contributed by atoms with E-state index in [2.05, 4.69) is 0 Å². The van der Waals surface area contributed by atoms with Gasteiger partial charge in [0.15, 0.2) is 0 Å². The number of anilines is 1. The molecular formula is C13H12FNO2. The molecule has 0 atom stereocenters. The fourth-order valence-corrected chi connectivity index (χ4v) is 1.41. The van der Waals surface area contributed by atoms with E-state index in [1.165, 1.54) is 12.1 Å². The van der Waals surface area contributed by atoms with Crippen LogP contribution in [0.15, 0.2) is 42.5 Å². The highest BCUT2D eigenvalue weighted by Crippen LogP contribution is 2.19. The summed E-state index contributed by atoms with van der Waals surface area (Å²) in [5.74, 6) is 0.0769. The van der Waals surface area contributed by atoms with Gasteiger partial charge >= 0.3 is 0 Å². The molecule has 88 valence electrons. The van der Waals surface area contributed by atoms with Crippen LogP contribution in [-0.2, 0) is 6.61 Å². The normalized spacial score (nSPS) is 10.2. The maximum Gasteiger partial charge on any atom is 0.149 e. The van der Waals surface area contributed by atoms with Crippen molar-refractivity contribution in [3.63, 3.8) is 0 Å². The van der Waals surface area contributed by atoms with E-state index in [1.54, 1.807) is 24.3 Å². The van der Waals surface area contributed by atoms with Crippen molar-refractivity contribution in [1.82, 2.24) is 0 Å². The zero-order valence-corrected chi connectivity index (χ0v) is 9.06. The molecule has 2 rings (SSSR count). The number of hydrogen-bond acceptors (Lipinski definition) is 3. The molecule has 0 bridgehead atoms. The maximum atomic E-state index is 13.1. The molecule has 3 N–H and O–H groups in total. The molecule has 0 aliphatic carbocycles. The van der Waals surface area contributed by atoms with Gasteiger partial charge in [-0.1, -0.05) is 12.1 Å². The number of phenolic OH excluding ortho intramolecular Hbond substituents is 1. The first-order valence-electron chi connectivity index (χ1n) is 5.11. The Hall–Kier alpha value is -2.23. The first kappa shape index (κ1) is 11.3. The molecule has 0 unspecified atom stereocenters. The van der Waals surface area contributed by atoms with E-state index in [0.29, 0.717) is 5.75 Å². The summed E-state index contributed by atoms with van der Waals surface area (Å²) in [6.07, 6.45) is 0. The fourth-order valence-electron chi connectivity index (χ4n) is 1.41. The van der Waals surface area contributed by atoms with Gasteiger partial charge in [-0.3, -0.25) is 0 Å². The molecule has 0 heterocycles. The lowest BCUT2D eigenvalue weighted by atomic mass is 10.2. The van der Waals surface area contributed by atoms with E-state index in [-0.39, 0.29) is 18.0 Å². The number of nitrogen functional groups attached to an aromatic ring is 1. The number of benzene rings is 2. The highest BCUT2D eigenvalue weighted by Gasteiger charge is 2.01. The minimum absolute atomic E-state index is 0.0923. The Morgan fingerprint density at radius 1 is 1.18 bits per heavy atom. The minimum atomic E-state index is -0.501. The van der Waals surface area contributed by atoms with Crippen LogP contribution in [0.25, 0.3) is 0 Å². The van der Waals surface area contributed by atoms with Crippen LogP contribution in [0.4, 0.5) is 10.1 Å². The van der Waals surface area contributed by atoms with Gasteiger partial charge in [0.1, 0.15) is 23.9 Å². The van der Waals surface area contributed by atoms with Crippen LogP contribution < -0.4 is 10.5 Å². The topological polar surface area (TPSA) is 55.5 Å². The Morgan fingerprint density at radius 3 is 2.71 bits per heavy atom. The second kappa shape index (κ2) is 4.74. The number of ether oxygens (including phenoxy) is 1. The van der Waals surface area contributed by atoms with Gasteiger partial charge in [-0.05, 0) is 29.8 Å². The Balaban J connectivity index is 2.05. The predicted molar refractivity (Wildman–Crippen MR) is 63.3 cm³/mol. The quantitative estimate of drug-likeness (QED) is 0.801. The summed E-state index contributed by atoms with van der Waals surface area (Å²) in [7, 11) is 0. The minimum Gasteiger partial charge on any atom is -0.508 e. The molecule has 0 fully saturated rings. The van der Waals surface area contributed by atoms with E-state index in [9.17, 15) is 9.50 Å². The van der Waals surface area contributed by atoms with Gasteiger partial charge in [-0.15, -0.1) is 0 Å². The van der Waals surface area contributed by atoms with Crippen molar-refractivity contribution in [2.75, 3.05) is 5.73 Å². The number of rotatable bonds is 3. The summed E-state index contributed by atoms with van der Waals surface area (Å²) in [6, 6.07) is 11.0. The monoisotopic (exact) mass is 233 g/mol. The molecule has 0 amide bonds. The van der Waals surface area contributed by atoms with Gasteiger partial charge in [-0.25, -0.2) is 4.39 Å². The van der Waals surface area contributed by atoms with E-state index < -0.39 is 5.82 Å². The molecule has 4 heteroatoms. The van der Waals surface area contributed by atoms with Crippen molar-refractivity contribution in [2.24, 2.45) is 0 Å². The number of phenols is 1. The Morgan fingerprint density at radius 2 is 2.00 bits per heavy atom. The molecule has 0 aliphatic rings. The maximum absolute atomic E-state index is 13.1. The number of aromatic hydroxyl groups is 1. The summed E-state index contributed by atoms with van der Waals surface area (Å²) < 4.78 is 18.5. The van der Waals surface area contributed by atoms with Gasteiger partial charge in [0.25, 0.3) is 0 Å². The summed E-state index contributed by atoms with van der Waals surface area (Å²) in [4.78, 5) is 0. The highest BCUT2D eigenvalue weighted by molar-refractivity contribution is 5.43. The van der Waals surface area contributed by atoms with Crippen LogP contribution >= 0.6 is 0 Å². The molecular weight excluding hydrogens is 221 g/mol. The smallest absolute Gasteiger partial charge is 0.149 e. The molecule has 2 aromatic carbocycles. The number of nitrogens with two attached hydrogens (primary N) is 1. The third-order valence-corrected chi connectivity index (χ3v) is 2.29. The van der Waals surface area contributed by atoms with E-state index in [0.717, 1.165) is 5.56 Å². The van der Waals surface area contributed by atoms with E-state index >= 15 is 0 Å². The Kier molecular flexibility index (Phi) is 3.14. The molecule has 17 heavy (non-hydrogen) atoms. The average Bonchev–Trinajstić information content (AvgIpc) is 2.31. The lowest BCUT2D eigenvalue weighted by molar-refractivity contribution is 0.304. The molecule has 0 aromatic heterocycles. The van der Waals surface area contributed by atoms with Crippen LogP contribution in [-0.4, -0.2) is 5.11 Å². The van der Waals surface area contributed by atoms with Crippen LogP contribution in [0.1, 0.15) is 5.56 Å². The predicted octanol–water partition coefficient (Wildman–Crippen LogP) is 2.69. The first-order valence-corrected chi connectivity index (χ1v) is 5.11. The van der Waals surface area contributed by atoms with Gasteiger partial charge in [0, 0.05) is 6.07 Å². The second-order valence-electron chi connectivity index (χ2n) is 3.64. The SMILES string of the molecule is Nc1ccc(OCc2cccc(O)c2)cc1F. The summed E-state index contributed by atoms with van der Waals surface area (Å²) >= 11 is 0. The zero-order valence-electron chi connectivity index (χ0n) is 9.06. The largest absolute Gasteiger partial charge is 0.508 e. The standard InChI is InChI=1S/C13H12FNO2/c14-12-7-11(4-5-13(12)15)17-8-9-2-1-3-10(16)6-9/h1-7,16H,8,15H2. The van der Waals surface area contributed by atoms with Crippen molar-refractivity contribution in [3.05, 3.63) is 53.8 Å². The van der Waals surface area contributed by atoms with Crippen LogP contribution in [0.5, 0.6) is 11.5 Å². The number of hydrogen-bond donors (Lipinski definition) is 2. The van der Waals surface area contributed by atoms with E-state index in [1.807, 2.05) is 6.07 Å².